The van der Waals surface area contributed by atoms with Crippen molar-refractivity contribution in [2.75, 3.05) is 27.3 Å². The number of ether oxygens (including phenoxy) is 2. The molecule has 1 aliphatic heterocycles. The highest BCUT2D eigenvalue weighted by molar-refractivity contribution is 5.93. The van der Waals surface area contributed by atoms with Crippen LogP contribution in [0.5, 0.6) is 11.5 Å². The maximum Gasteiger partial charge on any atom is 0.289 e. The Hall–Kier alpha value is -3.74. The molecule has 166 valence electrons. The molecule has 7 heteroatoms. The first kappa shape index (κ1) is 21.5. The number of benzene rings is 2. The molecule has 1 aromatic heterocycles. The van der Waals surface area contributed by atoms with Crippen molar-refractivity contribution in [3.8, 4) is 11.5 Å². The van der Waals surface area contributed by atoms with Crippen LogP contribution in [0.1, 0.15) is 27.6 Å². The second-order valence-electron chi connectivity index (χ2n) is 7.69. The molecule has 2 amide bonds. The zero-order chi connectivity index (χ0) is 22.5. The van der Waals surface area contributed by atoms with Crippen LogP contribution in [-0.4, -0.2) is 44.0 Å². The Kier molecular flexibility index (Phi) is 6.44. The lowest BCUT2D eigenvalue weighted by molar-refractivity contribution is -0.125. The molecule has 2 aromatic carbocycles. The van der Waals surface area contributed by atoms with E-state index in [9.17, 15) is 9.59 Å². The van der Waals surface area contributed by atoms with Gasteiger partial charge in [-0.25, -0.2) is 0 Å². The summed E-state index contributed by atoms with van der Waals surface area (Å²) in [5, 5.41) is 3.03. The number of nitrogens with zero attached hydrogens (tertiary/aromatic N) is 1. The summed E-state index contributed by atoms with van der Waals surface area (Å²) < 4.78 is 16.4. The molecular weight excluding hydrogens is 408 g/mol. The Morgan fingerprint density at radius 1 is 1.00 bits per heavy atom. The van der Waals surface area contributed by atoms with E-state index in [1.54, 1.807) is 31.3 Å². The lowest BCUT2D eigenvalue weighted by Gasteiger charge is -2.21. The number of para-hydroxylation sites is 1. The van der Waals surface area contributed by atoms with Crippen LogP contribution < -0.4 is 14.8 Å². The van der Waals surface area contributed by atoms with Crippen LogP contribution >= 0.6 is 0 Å². The summed E-state index contributed by atoms with van der Waals surface area (Å²) >= 11 is 0. The third-order valence-corrected chi connectivity index (χ3v) is 5.82. The molecule has 1 aliphatic rings. The maximum absolute atomic E-state index is 13.3. The molecule has 2 unspecified atom stereocenters. The summed E-state index contributed by atoms with van der Waals surface area (Å²) in [5.74, 6) is 0.371. The Balaban J connectivity index is 1.62. The zero-order valence-corrected chi connectivity index (χ0v) is 18.1. The van der Waals surface area contributed by atoms with Gasteiger partial charge >= 0.3 is 0 Å². The van der Waals surface area contributed by atoms with Gasteiger partial charge in [0.05, 0.1) is 26.4 Å². The normalized spacial score (nSPS) is 17.8. The fourth-order valence-corrected chi connectivity index (χ4v) is 4.23. The van der Waals surface area contributed by atoms with Crippen molar-refractivity contribution in [1.29, 1.82) is 0 Å². The van der Waals surface area contributed by atoms with E-state index >= 15 is 0 Å². The van der Waals surface area contributed by atoms with Crippen molar-refractivity contribution in [3.63, 3.8) is 0 Å². The van der Waals surface area contributed by atoms with Crippen LogP contribution in [0.4, 0.5) is 0 Å². The van der Waals surface area contributed by atoms with E-state index in [0.29, 0.717) is 24.6 Å². The predicted octanol–water partition coefficient (Wildman–Crippen LogP) is 3.47. The van der Waals surface area contributed by atoms with Gasteiger partial charge in [0.2, 0.25) is 5.91 Å². The fraction of sp³-hybridized carbons (Fsp3) is 0.280. The first-order valence-corrected chi connectivity index (χ1v) is 10.5. The number of carbonyl (C=O) groups is 2. The lowest BCUT2D eigenvalue weighted by Crippen LogP contribution is -2.35. The van der Waals surface area contributed by atoms with Crippen LogP contribution in [-0.2, 0) is 11.3 Å². The van der Waals surface area contributed by atoms with Gasteiger partial charge in [-0.05, 0) is 23.8 Å². The maximum atomic E-state index is 13.3. The molecule has 0 saturated carbocycles. The van der Waals surface area contributed by atoms with Crippen molar-refractivity contribution >= 4 is 11.8 Å². The first-order valence-electron chi connectivity index (χ1n) is 10.5. The smallest absolute Gasteiger partial charge is 0.289 e. The zero-order valence-electron chi connectivity index (χ0n) is 18.1. The van der Waals surface area contributed by atoms with Crippen LogP contribution in [0, 0.1) is 5.92 Å². The third-order valence-electron chi connectivity index (χ3n) is 5.82. The van der Waals surface area contributed by atoms with Crippen molar-refractivity contribution in [2.45, 2.75) is 12.5 Å². The fourth-order valence-electron chi connectivity index (χ4n) is 4.23. The molecule has 0 aliphatic carbocycles. The van der Waals surface area contributed by atoms with Crippen LogP contribution in [0.15, 0.2) is 71.3 Å². The molecule has 1 N–H and O–H groups in total. The highest BCUT2D eigenvalue weighted by atomic mass is 16.5. The summed E-state index contributed by atoms with van der Waals surface area (Å²) in [6.45, 7) is 1.07. The number of hydrogen-bond donors (Lipinski definition) is 1. The molecule has 0 spiro atoms. The molecule has 0 radical (unpaired) electrons. The van der Waals surface area contributed by atoms with E-state index in [4.69, 9.17) is 13.9 Å². The second kappa shape index (κ2) is 9.60. The van der Waals surface area contributed by atoms with Gasteiger partial charge in [-0.15, -0.1) is 0 Å². The lowest BCUT2D eigenvalue weighted by atomic mass is 9.87. The summed E-state index contributed by atoms with van der Waals surface area (Å²) in [4.78, 5) is 27.9. The van der Waals surface area contributed by atoms with E-state index < -0.39 is 5.92 Å². The van der Waals surface area contributed by atoms with Crippen molar-refractivity contribution in [3.05, 3.63) is 83.8 Å². The van der Waals surface area contributed by atoms with Gasteiger partial charge in [0.1, 0.15) is 0 Å². The largest absolute Gasteiger partial charge is 0.493 e. The van der Waals surface area contributed by atoms with Crippen LogP contribution in [0.2, 0.25) is 0 Å². The van der Waals surface area contributed by atoms with Crippen molar-refractivity contribution in [1.82, 2.24) is 10.2 Å². The molecule has 4 rings (SSSR count). The highest BCUT2D eigenvalue weighted by Crippen LogP contribution is 2.42. The minimum atomic E-state index is -0.446. The summed E-state index contributed by atoms with van der Waals surface area (Å²) in [6.07, 6.45) is 1.47. The van der Waals surface area contributed by atoms with E-state index in [2.05, 4.69) is 5.32 Å². The van der Waals surface area contributed by atoms with Crippen molar-refractivity contribution < 1.29 is 23.5 Å². The molecule has 3 aromatic rings. The van der Waals surface area contributed by atoms with E-state index in [1.807, 2.05) is 48.5 Å². The molecule has 1 fully saturated rings. The molecule has 2 heterocycles. The Morgan fingerprint density at radius 2 is 1.81 bits per heavy atom. The topological polar surface area (TPSA) is 81.0 Å². The number of amides is 2. The summed E-state index contributed by atoms with van der Waals surface area (Å²) in [6, 6.07) is 18.6. The Labute approximate surface area is 186 Å². The number of rotatable bonds is 7. The standard InChI is InChI=1S/C25H26N2O5/c1-30-21-11-6-10-18(23(21)31-2)19-15-27(25(29)22-12-7-13-32-22)16-20(19)24(28)26-14-17-8-4-3-5-9-17/h3-13,19-20H,14-16H2,1-2H3,(H,26,28). The molecule has 2 atom stereocenters. The monoisotopic (exact) mass is 434 g/mol. The van der Waals surface area contributed by atoms with Crippen molar-refractivity contribution in [2.24, 2.45) is 5.92 Å². The number of carbonyl (C=O) groups excluding carboxylic acids is 2. The third kappa shape index (κ3) is 4.32. The molecule has 32 heavy (non-hydrogen) atoms. The molecular formula is C25H26N2O5. The van der Waals surface area contributed by atoms with Crippen LogP contribution in [0.25, 0.3) is 0 Å². The quantitative estimate of drug-likeness (QED) is 0.616. The van der Waals surface area contributed by atoms with E-state index in [1.165, 1.54) is 6.26 Å². The second-order valence-corrected chi connectivity index (χ2v) is 7.69. The number of nitrogens with one attached hydrogen (secondary N) is 1. The number of furan rings is 1. The highest BCUT2D eigenvalue weighted by Gasteiger charge is 2.42. The minimum Gasteiger partial charge on any atom is -0.493 e. The Morgan fingerprint density at radius 3 is 2.50 bits per heavy atom. The van der Waals surface area contributed by atoms with Gasteiger partial charge in [-0.3, -0.25) is 9.59 Å². The van der Waals surface area contributed by atoms with Gasteiger partial charge in [0.15, 0.2) is 17.3 Å². The minimum absolute atomic E-state index is 0.113. The average molecular weight is 434 g/mol. The summed E-state index contributed by atoms with van der Waals surface area (Å²) in [5.41, 5.74) is 1.85. The number of methoxy groups -OCH3 is 2. The van der Waals surface area contributed by atoms with Gasteiger partial charge in [0, 0.05) is 31.1 Å². The molecule has 0 bridgehead atoms. The Bertz CT molecular complexity index is 1070. The van der Waals surface area contributed by atoms with Gasteiger partial charge in [-0.2, -0.15) is 0 Å². The first-order chi connectivity index (χ1) is 15.6. The van der Waals surface area contributed by atoms with Gasteiger partial charge in [0.25, 0.3) is 5.91 Å². The average Bonchev–Trinajstić information content (AvgIpc) is 3.53. The summed E-state index contributed by atoms with van der Waals surface area (Å²) in [7, 11) is 3.15. The molecule has 1 saturated heterocycles. The van der Waals surface area contributed by atoms with E-state index in [-0.39, 0.29) is 30.0 Å². The SMILES string of the molecule is COc1cccc(C2CN(C(=O)c3ccco3)CC2C(=O)NCc2ccccc2)c1OC. The van der Waals surface area contributed by atoms with Gasteiger partial charge < -0.3 is 24.1 Å². The van der Waals surface area contributed by atoms with Crippen LogP contribution in [0.3, 0.4) is 0 Å². The molecule has 7 nitrogen and oxygen atoms in total. The predicted molar refractivity (Wildman–Crippen MR) is 119 cm³/mol. The number of likely N-dealkylation sites (tertiary alicyclic amines) is 1. The number of hydrogen-bond acceptors (Lipinski definition) is 5. The van der Waals surface area contributed by atoms with Gasteiger partial charge in [-0.1, -0.05) is 42.5 Å². The van der Waals surface area contributed by atoms with E-state index in [0.717, 1.165) is 11.1 Å².